The second kappa shape index (κ2) is 10.5. The zero-order chi connectivity index (χ0) is 19.6. The number of aliphatic imine (C=N–C) groups is 1. The summed E-state index contributed by atoms with van der Waals surface area (Å²) in [7, 11) is 0. The Hall–Kier alpha value is -2.80. The lowest BCUT2D eigenvalue weighted by molar-refractivity contribution is 0.105. The summed E-state index contributed by atoms with van der Waals surface area (Å²) in [6.07, 6.45) is 7.49. The van der Waals surface area contributed by atoms with Crippen molar-refractivity contribution in [1.82, 2.24) is 20.0 Å². The molecular weight excluding hydrogens is 354 g/mol. The molecule has 7 heteroatoms. The van der Waals surface area contributed by atoms with Crippen molar-refractivity contribution in [3.63, 3.8) is 0 Å². The molecule has 7 nitrogen and oxygen atoms in total. The number of nitrogens with zero attached hydrogens (tertiary/aromatic N) is 3. The summed E-state index contributed by atoms with van der Waals surface area (Å²) in [6.45, 7) is 7.63. The summed E-state index contributed by atoms with van der Waals surface area (Å²) >= 11 is 0. The first-order chi connectivity index (χ1) is 13.8. The number of fused-ring (bicyclic) bond motifs is 1. The summed E-state index contributed by atoms with van der Waals surface area (Å²) in [5.74, 6) is 1.68. The van der Waals surface area contributed by atoms with Crippen molar-refractivity contribution in [3.8, 4) is 0 Å². The van der Waals surface area contributed by atoms with Crippen LogP contribution in [-0.4, -0.2) is 41.6 Å². The Labute approximate surface area is 165 Å². The van der Waals surface area contributed by atoms with Crippen molar-refractivity contribution in [2.75, 3.05) is 26.2 Å². The van der Waals surface area contributed by atoms with Crippen LogP contribution in [0, 0.1) is 6.92 Å². The summed E-state index contributed by atoms with van der Waals surface area (Å²) in [5, 5.41) is 6.65. The van der Waals surface area contributed by atoms with E-state index in [1.54, 1.807) is 6.26 Å². The second-order valence-corrected chi connectivity index (χ2v) is 6.58. The van der Waals surface area contributed by atoms with E-state index >= 15 is 0 Å². The number of rotatable bonds is 10. The molecule has 0 radical (unpaired) electrons. The van der Waals surface area contributed by atoms with Crippen LogP contribution in [0.1, 0.15) is 30.4 Å². The molecule has 0 saturated heterocycles. The van der Waals surface area contributed by atoms with Gasteiger partial charge in [0.25, 0.3) is 0 Å². The molecule has 28 heavy (non-hydrogen) atoms. The molecule has 3 heterocycles. The van der Waals surface area contributed by atoms with Crippen LogP contribution in [0.2, 0.25) is 0 Å². The number of pyridine rings is 1. The van der Waals surface area contributed by atoms with Gasteiger partial charge in [-0.05, 0) is 44.0 Å². The molecule has 3 aromatic heterocycles. The van der Waals surface area contributed by atoms with Crippen molar-refractivity contribution in [1.29, 1.82) is 0 Å². The van der Waals surface area contributed by atoms with Crippen LogP contribution < -0.4 is 10.6 Å². The molecule has 0 aliphatic heterocycles. The molecule has 0 amide bonds. The minimum Gasteiger partial charge on any atom is -0.467 e. The number of aryl methyl sites for hydroxylation is 1. The van der Waals surface area contributed by atoms with Gasteiger partial charge in [0, 0.05) is 45.1 Å². The topological polar surface area (TPSA) is 76.1 Å². The maximum Gasteiger partial charge on any atom is 0.191 e. The van der Waals surface area contributed by atoms with E-state index in [2.05, 4.69) is 46.1 Å². The van der Waals surface area contributed by atoms with E-state index in [1.807, 2.05) is 24.4 Å². The maximum atomic E-state index is 5.58. The van der Waals surface area contributed by atoms with Gasteiger partial charge in [0.15, 0.2) is 5.96 Å². The number of imidazole rings is 1. The smallest absolute Gasteiger partial charge is 0.191 e. The lowest BCUT2D eigenvalue weighted by Crippen LogP contribution is -2.38. The third kappa shape index (κ3) is 5.85. The van der Waals surface area contributed by atoms with Crippen molar-refractivity contribution >= 4 is 11.6 Å². The Bertz CT molecular complexity index is 870. The quantitative estimate of drug-likeness (QED) is 0.320. The molecule has 0 atom stereocenters. The van der Waals surface area contributed by atoms with Gasteiger partial charge >= 0.3 is 0 Å². The third-order valence-corrected chi connectivity index (χ3v) is 4.29. The zero-order valence-corrected chi connectivity index (χ0v) is 16.6. The largest absolute Gasteiger partial charge is 0.467 e. The van der Waals surface area contributed by atoms with Gasteiger partial charge in [-0.2, -0.15) is 0 Å². The van der Waals surface area contributed by atoms with Gasteiger partial charge in [-0.25, -0.2) is 4.98 Å². The first-order valence-electron chi connectivity index (χ1n) is 9.81. The van der Waals surface area contributed by atoms with E-state index in [-0.39, 0.29) is 0 Å². The van der Waals surface area contributed by atoms with Crippen molar-refractivity contribution in [3.05, 3.63) is 59.9 Å². The van der Waals surface area contributed by atoms with Crippen molar-refractivity contribution < 1.29 is 9.15 Å². The number of hydrogen-bond acceptors (Lipinski definition) is 4. The Kier molecular flexibility index (Phi) is 7.49. The molecule has 0 spiro atoms. The van der Waals surface area contributed by atoms with E-state index in [9.17, 15) is 0 Å². The van der Waals surface area contributed by atoms with Crippen molar-refractivity contribution in [2.45, 2.75) is 33.3 Å². The van der Waals surface area contributed by atoms with Crippen LogP contribution in [0.15, 0.2) is 52.3 Å². The van der Waals surface area contributed by atoms with Gasteiger partial charge in [-0.3, -0.25) is 4.99 Å². The van der Waals surface area contributed by atoms with Gasteiger partial charge < -0.3 is 24.2 Å². The van der Waals surface area contributed by atoms with E-state index in [0.29, 0.717) is 19.8 Å². The molecule has 150 valence electrons. The average molecular weight is 383 g/mol. The second-order valence-electron chi connectivity index (χ2n) is 6.58. The summed E-state index contributed by atoms with van der Waals surface area (Å²) in [4.78, 5) is 9.31. The van der Waals surface area contributed by atoms with Crippen LogP contribution in [0.3, 0.4) is 0 Å². The molecule has 0 aromatic carbocycles. The van der Waals surface area contributed by atoms with Crippen molar-refractivity contribution in [2.24, 2.45) is 4.99 Å². The number of guanidine groups is 1. The van der Waals surface area contributed by atoms with Gasteiger partial charge in [0.2, 0.25) is 0 Å². The fourth-order valence-electron chi connectivity index (χ4n) is 2.90. The van der Waals surface area contributed by atoms with Crippen LogP contribution >= 0.6 is 0 Å². The molecule has 0 bridgehead atoms. The molecule has 3 rings (SSSR count). The van der Waals surface area contributed by atoms with E-state index < -0.39 is 0 Å². The van der Waals surface area contributed by atoms with Gasteiger partial charge in [-0.1, -0.05) is 6.07 Å². The average Bonchev–Trinajstić information content (AvgIpc) is 3.34. The molecular formula is C21H29N5O2. The number of ether oxygens (including phenoxy) is 1. The number of nitrogens with one attached hydrogen (secondary N) is 2. The predicted octanol–water partition coefficient (Wildman–Crippen LogP) is 2.94. The van der Waals surface area contributed by atoms with Crippen LogP contribution in [-0.2, 0) is 17.8 Å². The first kappa shape index (κ1) is 19.9. The summed E-state index contributed by atoms with van der Waals surface area (Å²) < 4.78 is 12.9. The van der Waals surface area contributed by atoms with Crippen LogP contribution in [0.5, 0.6) is 0 Å². The maximum absolute atomic E-state index is 5.58. The minimum absolute atomic E-state index is 0.507. The standard InChI is InChI=1S/C21H29N5O2/c1-3-22-21(23-10-6-13-27-16-19-8-5-14-28-19)24-11-9-18-15-26-12-4-7-17(2)20(26)25-18/h4-5,7-8,12,14-15H,3,6,9-11,13,16H2,1-2H3,(H2,22,23,24). The third-order valence-electron chi connectivity index (χ3n) is 4.29. The molecule has 2 N–H and O–H groups in total. The predicted molar refractivity (Wildman–Crippen MR) is 111 cm³/mol. The molecule has 0 aliphatic rings. The molecule has 0 unspecified atom stereocenters. The highest BCUT2D eigenvalue weighted by Gasteiger charge is 2.04. The minimum atomic E-state index is 0.507. The normalized spacial score (nSPS) is 11.9. The Balaban J connectivity index is 1.39. The molecule has 3 aromatic rings. The van der Waals surface area contributed by atoms with Crippen LogP contribution in [0.4, 0.5) is 0 Å². The van der Waals surface area contributed by atoms with E-state index in [4.69, 9.17) is 14.1 Å². The fraction of sp³-hybridized carbons (Fsp3) is 0.429. The number of aromatic nitrogens is 2. The molecule has 0 saturated carbocycles. The zero-order valence-electron chi connectivity index (χ0n) is 16.6. The lowest BCUT2D eigenvalue weighted by Gasteiger charge is -2.10. The lowest BCUT2D eigenvalue weighted by atomic mass is 10.3. The highest BCUT2D eigenvalue weighted by Crippen LogP contribution is 2.10. The molecule has 0 fully saturated rings. The Morgan fingerprint density at radius 2 is 2.21 bits per heavy atom. The summed E-state index contributed by atoms with van der Waals surface area (Å²) in [5.41, 5.74) is 3.28. The fourth-order valence-corrected chi connectivity index (χ4v) is 2.90. The van der Waals surface area contributed by atoms with Crippen LogP contribution in [0.25, 0.3) is 5.65 Å². The number of hydrogen-bond donors (Lipinski definition) is 2. The highest BCUT2D eigenvalue weighted by molar-refractivity contribution is 5.79. The monoisotopic (exact) mass is 383 g/mol. The van der Waals surface area contributed by atoms with Gasteiger partial charge in [0.05, 0.1) is 12.0 Å². The highest BCUT2D eigenvalue weighted by atomic mass is 16.5. The number of furan rings is 1. The van der Waals surface area contributed by atoms with E-state index in [0.717, 1.165) is 49.0 Å². The summed E-state index contributed by atoms with van der Waals surface area (Å²) in [6, 6.07) is 7.90. The van der Waals surface area contributed by atoms with Gasteiger partial charge in [-0.15, -0.1) is 0 Å². The SMILES string of the molecule is CCNC(=NCCCOCc1ccco1)NCCc1cn2cccc(C)c2n1. The molecule has 0 aliphatic carbocycles. The Morgan fingerprint density at radius 1 is 1.29 bits per heavy atom. The first-order valence-corrected chi connectivity index (χ1v) is 9.81. The Morgan fingerprint density at radius 3 is 3.00 bits per heavy atom. The van der Waals surface area contributed by atoms with Gasteiger partial charge in [0.1, 0.15) is 18.0 Å². The van der Waals surface area contributed by atoms with E-state index in [1.165, 1.54) is 5.56 Å².